The fourth-order valence-electron chi connectivity index (χ4n) is 3.91. The molecule has 0 atom stereocenters. The minimum absolute atomic E-state index is 0.107. The van der Waals surface area contributed by atoms with Gasteiger partial charge in [0.1, 0.15) is 0 Å². The highest BCUT2D eigenvalue weighted by molar-refractivity contribution is 5.92. The Hall–Kier alpha value is -2.30. The predicted molar refractivity (Wildman–Crippen MR) is 96.5 cm³/mol. The van der Waals surface area contributed by atoms with Gasteiger partial charge in [-0.3, -0.25) is 4.98 Å². The molecule has 1 aromatic carbocycles. The standard InChI is InChI=1S/C19H24N4O/c1-2-14-13-18(16-5-3-4-6-17(16)21-14)22-10-7-15(8-11-22)23-12-9-20-19(23)24/h3-6,13,15H,2,7-12H2,1H3,(H,20,24). The van der Waals surface area contributed by atoms with Gasteiger partial charge in [-0.25, -0.2) is 4.79 Å². The molecular formula is C19H24N4O. The van der Waals surface area contributed by atoms with E-state index in [-0.39, 0.29) is 6.03 Å². The van der Waals surface area contributed by atoms with Gasteiger partial charge >= 0.3 is 6.03 Å². The van der Waals surface area contributed by atoms with Crippen LogP contribution >= 0.6 is 0 Å². The van der Waals surface area contributed by atoms with Gasteiger partial charge in [-0.05, 0) is 31.4 Å². The maximum absolute atomic E-state index is 11.9. The van der Waals surface area contributed by atoms with Crippen LogP contribution in [0.5, 0.6) is 0 Å². The highest BCUT2D eigenvalue weighted by Crippen LogP contribution is 2.30. The molecule has 0 unspecified atom stereocenters. The third kappa shape index (κ3) is 2.68. The lowest BCUT2D eigenvalue weighted by atomic mass is 10.0. The Morgan fingerprint density at radius 3 is 2.71 bits per heavy atom. The number of piperidine rings is 1. The normalized spacial score (nSPS) is 19.1. The molecule has 0 spiro atoms. The largest absolute Gasteiger partial charge is 0.371 e. The molecule has 1 N–H and O–H groups in total. The van der Waals surface area contributed by atoms with Crippen molar-refractivity contribution < 1.29 is 4.79 Å². The van der Waals surface area contributed by atoms with E-state index in [0.29, 0.717) is 6.04 Å². The molecule has 2 aliphatic rings. The number of hydrogen-bond donors (Lipinski definition) is 1. The summed E-state index contributed by atoms with van der Waals surface area (Å²) in [5, 5.41) is 4.14. The summed E-state index contributed by atoms with van der Waals surface area (Å²) >= 11 is 0. The first-order valence-electron chi connectivity index (χ1n) is 8.94. The van der Waals surface area contributed by atoms with Gasteiger partial charge in [-0.1, -0.05) is 25.1 Å². The Balaban J connectivity index is 1.57. The zero-order valence-corrected chi connectivity index (χ0v) is 14.2. The number of carbonyl (C=O) groups is 1. The van der Waals surface area contributed by atoms with E-state index >= 15 is 0 Å². The van der Waals surface area contributed by atoms with E-state index in [1.165, 1.54) is 11.1 Å². The van der Waals surface area contributed by atoms with Crippen molar-refractivity contribution in [3.63, 3.8) is 0 Å². The van der Waals surface area contributed by atoms with Crippen LogP contribution < -0.4 is 10.2 Å². The molecular weight excluding hydrogens is 300 g/mol. The summed E-state index contributed by atoms with van der Waals surface area (Å²) in [6, 6.07) is 11.1. The molecule has 0 saturated carbocycles. The van der Waals surface area contributed by atoms with Crippen LogP contribution in [0, 0.1) is 0 Å². The maximum atomic E-state index is 11.9. The van der Waals surface area contributed by atoms with E-state index in [0.717, 1.165) is 56.7 Å². The fraction of sp³-hybridized carbons (Fsp3) is 0.474. The number of amides is 2. The van der Waals surface area contributed by atoms with Gasteiger partial charge in [-0.15, -0.1) is 0 Å². The van der Waals surface area contributed by atoms with Crippen molar-refractivity contribution in [1.29, 1.82) is 0 Å². The average molecular weight is 324 g/mol. The van der Waals surface area contributed by atoms with Crippen LogP contribution in [0.4, 0.5) is 10.5 Å². The summed E-state index contributed by atoms with van der Waals surface area (Å²) in [6.45, 7) is 5.77. The molecule has 2 saturated heterocycles. The van der Waals surface area contributed by atoms with Crippen LogP contribution in [0.1, 0.15) is 25.5 Å². The second-order valence-corrected chi connectivity index (χ2v) is 6.65. The van der Waals surface area contributed by atoms with Crippen LogP contribution in [0.25, 0.3) is 10.9 Å². The number of para-hydroxylation sites is 1. The zero-order valence-electron chi connectivity index (χ0n) is 14.2. The number of pyridine rings is 1. The molecule has 5 heteroatoms. The molecule has 0 aliphatic carbocycles. The van der Waals surface area contributed by atoms with Crippen LogP contribution in [0.3, 0.4) is 0 Å². The summed E-state index contributed by atoms with van der Waals surface area (Å²) in [5.74, 6) is 0. The average Bonchev–Trinajstić information content (AvgIpc) is 3.07. The monoisotopic (exact) mass is 324 g/mol. The van der Waals surface area contributed by atoms with Crippen LogP contribution in [0.2, 0.25) is 0 Å². The van der Waals surface area contributed by atoms with Gasteiger partial charge in [0.25, 0.3) is 0 Å². The molecule has 24 heavy (non-hydrogen) atoms. The zero-order chi connectivity index (χ0) is 16.5. The Morgan fingerprint density at radius 2 is 2.00 bits per heavy atom. The van der Waals surface area contributed by atoms with Crippen molar-refractivity contribution in [3.05, 3.63) is 36.0 Å². The Kier molecular flexibility index (Phi) is 4.00. The Morgan fingerprint density at radius 1 is 1.21 bits per heavy atom. The van der Waals surface area contributed by atoms with E-state index in [1.807, 2.05) is 4.90 Å². The van der Waals surface area contributed by atoms with Gasteiger partial charge in [0.05, 0.1) is 5.52 Å². The van der Waals surface area contributed by atoms with Crippen LogP contribution in [0.15, 0.2) is 30.3 Å². The lowest BCUT2D eigenvalue weighted by Crippen LogP contribution is -2.46. The smallest absolute Gasteiger partial charge is 0.317 e. The van der Waals surface area contributed by atoms with E-state index in [9.17, 15) is 4.79 Å². The first kappa shape index (κ1) is 15.2. The number of rotatable bonds is 3. The first-order chi connectivity index (χ1) is 11.8. The number of benzene rings is 1. The summed E-state index contributed by atoms with van der Waals surface area (Å²) in [7, 11) is 0. The first-order valence-corrected chi connectivity index (χ1v) is 8.94. The van der Waals surface area contributed by atoms with Gasteiger partial charge < -0.3 is 15.1 Å². The van der Waals surface area contributed by atoms with Crippen LogP contribution in [-0.2, 0) is 6.42 Å². The van der Waals surface area contributed by atoms with Crippen molar-refractivity contribution in [2.24, 2.45) is 0 Å². The summed E-state index contributed by atoms with van der Waals surface area (Å²) in [4.78, 5) is 21.1. The van der Waals surface area contributed by atoms with E-state index < -0.39 is 0 Å². The van der Waals surface area contributed by atoms with Crippen molar-refractivity contribution in [1.82, 2.24) is 15.2 Å². The van der Waals surface area contributed by atoms with E-state index in [1.54, 1.807) is 0 Å². The van der Waals surface area contributed by atoms with Crippen LogP contribution in [-0.4, -0.2) is 48.1 Å². The number of carbonyl (C=O) groups excluding carboxylic acids is 1. The second-order valence-electron chi connectivity index (χ2n) is 6.65. The molecule has 1 aromatic heterocycles. The number of fused-ring (bicyclic) bond motifs is 1. The number of aromatic nitrogens is 1. The van der Waals surface area contributed by atoms with E-state index in [2.05, 4.69) is 47.5 Å². The number of hydrogen-bond acceptors (Lipinski definition) is 3. The van der Waals surface area contributed by atoms with Gasteiger partial charge in [0.2, 0.25) is 0 Å². The van der Waals surface area contributed by atoms with E-state index in [4.69, 9.17) is 4.98 Å². The van der Waals surface area contributed by atoms with Crippen molar-refractivity contribution >= 4 is 22.6 Å². The summed E-state index contributed by atoms with van der Waals surface area (Å²) in [6.07, 6.45) is 3.01. The second kappa shape index (κ2) is 6.30. The molecule has 5 nitrogen and oxygen atoms in total. The molecule has 0 radical (unpaired) electrons. The lowest BCUT2D eigenvalue weighted by molar-refractivity contribution is 0.186. The van der Waals surface area contributed by atoms with Crippen molar-refractivity contribution in [3.8, 4) is 0 Å². The predicted octanol–water partition coefficient (Wildman–Crippen LogP) is 2.79. The lowest BCUT2D eigenvalue weighted by Gasteiger charge is -2.37. The number of aryl methyl sites for hydroxylation is 1. The van der Waals surface area contributed by atoms with Gasteiger partial charge in [0, 0.05) is 49.0 Å². The third-order valence-corrected chi connectivity index (χ3v) is 5.25. The maximum Gasteiger partial charge on any atom is 0.317 e. The SMILES string of the molecule is CCc1cc(N2CCC(N3CCNC3=O)CC2)c2ccccc2n1. The molecule has 4 rings (SSSR count). The van der Waals surface area contributed by atoms with Gasteiger partial charge in [0.15, 0.2) is 0 Å². The molecule has 2 aliphatic heterocycles. The molecule has 2 amide bonds. The molecule has 3 heterocycles. The number of nitrogens with zero attached hydrogens (tertiary/aromatic N) is 3. The Bertz CT molecular complexity index is 752. The van der Waals surface area contributed by atoms with Gasteiger partial charge in [-0.2, -0.15) is 0 Å². The summed E-state index contributed by atoms with van der Waals surface area (Å²) in [5.41, 5.74) is 3.51. The minimum atomic E-state index is 0.107. The number of nitrogens with one attached hydrogen (secondary N) is 1. The van der Waals surface area contributed by atoms with Crippen molar-refractivity contribution in [2.45, 2.75) is 32.2 Å². The Labute approximate surface area is 142 Å². The molecule has 0 bridgehead atoms. The highest BCUT2D eigenvalue weighted by atomic mass is 16.2. The number of urea groups is 1. The highest BCUT2D eigenvalue weighted by Gasteiger charge is 2.31. The molecule has 2 fully saturated rings. The number of anilines is 1. The summed E-state index contributed by atoms with van der Waals surface area (Å²) < 4.78 is 0. The molecule has 2 aromatic rings. The third-order valence-electron chi connectivity index (χ3n) is 5.25. The topological polar surface area (TPSA) is 48.5 Å². The molecule has 126 valence electrons. The van der Waals surface area contributed by atoms with Crippen molar-refractivity contribution in [2.75, 3.05) is 31.1 Å². The quantitative estimate of drug-likeness (QED) is 0.944. The fourth-order valence-corrected chi connectivity index (χ4v) is 3.91. The minimum Gasteiger partial charge on any atom is -0.371 e.